The second-order valence-corrected chi connectivity index (χ2v) is 13.0. The predicted molar refractivity (Wildman–Crippen MR) is 179 cm³/mol. The quantitative estimate of drug-likeness (QED) is 0.221. The van der Waals surface area contributed by atoms with E-state index in [9.17, 15) is 32.8 Å². The Hall–Kier alpha value is -4.96. The number of nitrogens with one attached hydrogen (secondary N) is 1. The SMILES string of the molecule is Cc1c(-c2ccnn2-c2ccc(C#N)cc2)n(C(=O)CC[C@@H](C)C2CCC(NC(=O)CN(C)C)CC2)c(=O)n1-c1cccc(C(F)(F)F)c1. The summed E-state index contributed by atoms with van der Waals surface area (Å²) in [4.78, 5) is 42.2. The van der Waals surface area contributed by atoms with Gasteiger partial charge in [-0.25, -0.2) is 14.0 Å². The molecule has 0 unspecified atom stereocenters. The van der Waals surface area contributed by atoms with Crippen LogP contribution in [-0.2, 0) is 11.0 Å². The zero-order valence-electron chi connectivity index (χ0n) is 28.0. The van der Waals surface area contributed by atoms with E-state index in [0.717, 1.165) is 47.0 Å². The molecule has 1 aliphatic rings. The van der Waals surface area contributed by atoms with Gasteiger partial charge >= 0.3 is 11.9 Å². The molecule has 2 heterocycles. The lowest BCUT2D eigenvalue weighted by atomic mass is 9.77. The van der Waals surface area contributed by atoms with Crippen molar-refractivity contribution < 1.29 is 22.8 Å². The van der Waals surface area contributed by atoms with E-state index < -0.39 is 23.3 Å². The number of alkyl halides is 3. The lowest BCUT2D eigenvalue weighted by Crippen LogP contribution is -2.42. The molecule has 1 amide bonds. The van der Waals surface area contributed by atoms with Gasteiger partial charge in [0.05, 0.1) is 58.4 Å². The molecule has 1 atom stereocenters. The van der Waals surface area contributed by atoms with Crippen molar-refractivity contribution in [3.63, 3.8) is 0 Å². The summed E-state index contributed by atoms with van der Waals surface area (Å²) >= 11 is 0. The number of hydrogen-bond acceptors (Lipinski definition) is 6. The zero-order chi connectivity index (χ0) is 35.5. The summed E-state index contributed by atoms with van der Waals surface area (Å²) < 4.78 is 44.7. The van der Waals surface area contributed by atoms with Gasteiger partial charge in [0.25, 0.3) is 0 Å². The van der Waals surface area contributed by atoms with Gasteiger partial charge in [0.15, 0.2) is 0 Å². The molecule has 0 bridgehead atoms. The van der Waals surface area contributed by atoms with E-state index in [0.29, 0.717) is 35.8 Å². The highest BCUT2D eigenvalue weighted by atomic mass is 19.4. The van der Waals surface area contributed by atoms with Crippen LogP contribution in [0.15, 0.2) is 65.6 Å². The molecule has 13 heteroatoms. The van der Waals surface area contributed by atoms with Gasteiger partial charge in [0, 0.05) is 12.5 Å². The highest BCUT2D eigenvalue weighted by Gasteiger charge is 2.32. The molecular formula is C36H40F3N7O3. The Balaban J connectivity index is 1.44. The lowest BCUT2D eigenvalue weighted by Gasteiger charge is -2.33. The average molecular weight is 676 g/mol. The van der Waals surface area contributed by atoms with Crippen LogP contribution in [0.4, 0.5) is 13.2 Å². The monoisotopic (exact) mass is 675 g/mol. The van der Waals surface area contributed by atoms with Gasteiger partial charge in [0.1, 0.15) is 0 Å². The fraction of sp³-hybridized carbons (Fsp3) is 0.417. The third-order valence-corrected chi connectivity index (χ3v) is 9.31. The molecule has 0 radical (unpaired) electrons. The van der Waals surface area contributed by atoms with Crippen molar-refractivity contribution in [2.24, 2.45) is 11.8 Å². The molecule has 0 spiro atoms. The molecule has 258 valence electrons. The van der Waals surface area contributed by atoms with Crippen molar-refractivity contribution in [3.8, 4) is 28.8 Å². The summed E-state index contributed by atoms with van der Waals surface area (Å²) in [5.41, 5.74) is 0.184. The van der Waals surface area contributed by atoms with Crippen LogP contribution in [0, 0.1) is 30.1 Å². The molecule has 2 aromatic heterocycles. The van der Waals surface area contributed by atoms with Gasteiger partial charge in [-0.05, 0) is 113 Å². The molecule has 4 aromatic rings. The standard InChI is InChI=1S/C36H40F3N7O3/c1-23(26-11-13-28(14-12-26)42-32(47)22-43(3)4)8-17-33(48)45-34(31-18-19-41-46(31)29-15-9-25(21-40)10-16-29)24(2)44(35(45)49)30-7-5-6-27(20-30)36(37,38)39/h5-7,9-10,15-16,18-20,23,26,28H,8,11-14,17,22H2,1-4H3,(H,42,47)/t23-,26?,28?/m1/s1. The van der Waals surface area contributed by atoms with E-state index in [1.807, 2.05) is 19.0 Å². The number of amides is 1. The molecule has 0 aliphatic heterocycles. The maximum Gasteiger partial charge on any atom is 0.416 e. The van der Waals surface area contributed by atoms with Gasteiger partial charge in [-0.15, -0.1) is 0 Å². The molecule has 1 aliphatic carbocycles. The topological polar surface area (TPSA) is 118 Å². The molecule has 0 saturated heterocycles. The Kier molecular flexibility index (Phi) is 10.6. The van der Waals surface area contributed by atoms with Crippen molar-refractivity contribution in [2.75, 3.05) is 20.6 Å². The lowest BCUT2D eigenvalue weighted by molar-refractivity contribution is -0.137. The number of imidazole rings is 1. The van der Waals surface area contributed by atoms with E-state index in [2.05, 4.69) is 23.4 Å². The van der Waals surface area contributed by atoms with Crippen LogP contribution in [0.5, 0.6) is 0 Å². The summed E-state index contributed by atoms with van der Waals surface area (Å²) in [6.45, 7) is 4.02. The van der Waals surface area contributed by atoms with Crippen LogP contribution in [0.2, 0.25) is 0 Å². The highest BCUT2D eigenvalue weighted by Crippen LogP contribution is 2.34. The van der Waals surface area contributed by atoms with Crippen LogP contribution >= 0.6 is 0 Å². The molecule has 1 saturated carbocycles. The maximum atomic E-state index is 14.1. The Morgan fingerprint density at radius 1 is 1.06 bits per heavy atom. The minimum atomic E-state index is -4.63. The van der Waals surface area contributed by atoms with E-state index in [4.69, 9.17) is 0 Å². The minimum absolute atomic E-state index is 0.00114. The van der Waals surface area contributed by atoms with Gasteiger partial charge in [-0.2, -0.15) is 23.5 Å². The Bertz CT molecular complexity index is 1910. The number of carbonyl (C=O) groups is 2. The third kappa shape index (κ3) is 7.86. The van der Waals surface area contributed by atoms with E-state index in [1.54, 1.807) is 37.3 Å². The largest absolute Gasteiger partial charge is 0.416 e. The first-order valence-electron chi connectivity index (χ1n) is 16.3. The third-order valence-electron chi connectivity index (χ3n) is 9.31. The van der Waals surface area contributed by atoms with Crippen molar-refractivity contribution in [3.05, 3.63) is 88.1 Å². The predicted octanol–water partition coefficient (Wildman–Crippen LogP) is 5.98. The number of halogens is 3. The van der Waals surface area contributed by atoms with Crippen molar-refractivity contribution >= 4 is 11.8 Å². The highest BCUT2D eigenvalue weighted by molar-refractivity contribution is 5.85. The summed E-state index contributed by atoms with van der Waals surface area (Å²) in [7, 11) is 3.70. The molecule has 49 heavy (non-hydrogen) atoms. The first-order valence-corrected chi connectivity index (χ1v) is 16.3. The van der Waals surface area contributed by atoms with E-state index in [1.165, 1.54) is 23.0 Å². The summed E-state index contributed by atoms with van der Waals surface area (Å²) in [6.07, 6.45) is 0.949. The second-order valence-electron chi connectivity index (χ2n) is 13.0. The number of likely N-dealkylation sites (N-methyl/N-ethyl adjacent to an activating group) is 1. The normalized spacial score (nSPS) is 17.1. The number of benzene rings is 2. The molecule has 1 fully saturated rings. The average Bonchev–Trinajstić information content (AvgIpc) is 3.64. The van der Waals surface area contributed by atoms with Gasteiger partial charge in [-0.3, -0.25) is 14.2 Å². The number of rotatable bonds is 10. The summed E-state index contributed by atoms with van der Waals surface area (Å²) in [5.74, 6) is 0.0386. The fourth-order valence-electron chi connectivity index (χ4n) is 6.72. The number of hydrogen-bond donors (Lipinski definition) is 1. The Labute approximate surface area is 282 Å². The number of carbonyl (C=O) groups excluding carboxylic acids is 2. The van der Waals surface area contributed by atoms with Crippen molar-refractivity contribution in [1.29, 1.82) is 5.26 Å². The summed E-state index contributed by atoms with van der Waals surface area (Å²) in [5, 5.41) is 16.8. The number of aromatic nitrogens is 4. The van der Waals surface area contributed by atoms with Gasteiger partial charge < -0.3 is 10.2 Å². The maximum absolute atomic E-state index is 14.1. The van der Waals surface area contributed by atoms with Crippen LogP contribution in [0.3, 0.4) is 0 Å². The first kappa shape index (κ1) is 35.3. The van der Waals surface area contributed by atoms with E-state index in [-0.39, 0.29) is 41.4 Å². The molecule has 1 N–H and O–H groups in total. The van der Waals surface area contributed by atoms with Crippen LogP contribution in [0.25, 0.3) is 22.8 Å². The number of nitrogens with zero attached hydrogens (tertiary/aromatic N) is 6. The smallest absolute Gasteiger partial charge is 0.352 e. The Morgan fingerprint density at radius 2 is 1.76 bits per heavy atom. The van der Waals surface area contributed by atoms with Crippen LogP contribution in [-0.4, -0.2) is 62.3 Å². The molecule has 5 rings (SSSR count). The fourth-order valence-corrected chi connectivity index (χ4v) is 6.72. The zero-order valence-corrected chi connectivity index (χ0v) is 28.0. The van der Waals surface area contributed by atoms with Gasteiger partial charge in [0.2, 0.25) is 11.8 Å². The first-order chi connectivity index (χ1) is 23.3. The molecular weight excluding hydrogens is 635 g/mol. The summed E-state index contributed by atoms with van der Waals surface area (Å²) in [6, 6.07) is 14.9. The number of nitriles is 1. The van der Waals surface area contributed by atoms with Crippen LogP contribution in [0.1, 0.15) is 67.1 Å². The second kappa shape index (κ2) is 14.7. The molecule has 2 aromatic carbocycles. The van der Waals surface area contributed by atoms with Gasteiger partial charge in [-0.1, -0.05) is 13.0 Å². The minimum Gasteiger partial charge on any atom is -0.352 e. The van der Waals surface area contributed by atoms with Crippen molar-refractivity contribution in [2.45, 2.75) is 64.6 Å². The Morgan fingerprint density at radius 3 is 2.39 bits per heavy atom. The van der Waals surface area contributed by atoms with E-state index >= 15 is 0 Å². The van der Waals surface area contributed by atoms with Crippen LogP contribution < -0.4 is 11.0 Å². The molecule has 10 nitrogen and oxygen atoms in total. The van der Waals surface area contributed by atoms with Crippen molar-refractivity contribution in [1.82, 2.24) is 29.1 Å².